The molecular formula is C23H20BrN3O4. The van der Waals surface area contributed by atoms with Gasteiger partial charge in [0, 0.05) is 16.1 Å². The molecule has 7 nitrogen and oxygen atoms in total. The van der Waals surface area contributed by atoms with Crippen LogP contribution in [0.5, 0.6) is 5.75 Å². The number of nitrogens with zero attached hydrogens (tertiary/aromatic N) is 1. The summed E-state index contributed by atoms with van der Waals surface area (Å²) in [6.07, 6.45) is 5.79. The first-order chi connectivity index (χ1) is 15.1. The van der Waals surface area contributed by atoms with Gasteiger partial charge in [0.25, 0.3) is 5.91 Å². The standard InChI is InChI=1S/C23H20BrN3O4/c24-19-8-10-21(31-16-17-5-2-1-3-6-17)18(13-19)14-26-27-23(29)15-25-22(28)11-9-20-7-4-12-30-20/h1-14H,15-16H2,(H,25,28)(H,27,29)/b11-9-,26-14+. The summed E-state index contributed by atoms with van der Waals surface area (Å²) in [5.41, 5.74) is 4.11. The van der Waals surface area contributed by atoms with Gasteiger partial charge in [-0.15, -0.1) is 0 Å². The van der Waals surface area contributed by atoms with Crippen LogP contribution in [0.25, 0.3) is 6.08 Å². The maximum Gasteiger partial charge on any atom is 0.259 e. The number of benzene rings is 2. The molecule has 2 N–H and O–H groups in total. The van der Waals surface area contributed by atoms with Crippen LogP contribution in [0.15, 0.2) is 87.0 Å². The molecule has 0 fully saturated rings. The van der Waals surface area contributed by atoms with Crippen LogP contribution in [0.1, 0.15) is 16.9 Å². The van der Waals surface area contributed by atoms with E-state index < -0.39 is 11.8 Å². The predicted octanol–water partition coefficient (Wildman–Crippen LogP) is 3.90. The van der Waals surface area contributed by atoms with Crippen molar-refractivity contribution in [1.82, 2.24) is 10.7 Å². The highest BCUT2D eigenvalue weighted by Gasteiger charge is 2.05. The van der Waals surface area contributed by atoms with Gasteiger partial charge in [0.05, 0.1) is 19.0 Å². The van der Waals surface area contributed by atoms with Crippen molar-refractivity contribution < 1.29 is 18.7 Å². The van der Waals surface area contributed by atoms with Gasteiger partial charge in [0.15, 0.2) is 0 Å². The van der Waals surface area contributed by atoms with Crippen LogP contribution in [0.3, 0.4) is 0 Å². The van der Waals surface area contributed by atoms with Gasteiger partial charge < -0.3 is 14.5 Å². The molecule has 2 amide bonds. The highest BCUT2D eigenvalue weighted by atomic mass is 79.9. The zero-order valence-corrected chi connectivity index (χ0v) is 18.0. The topological polar surface area (TPSA) is 92.9 Å². The Balaban J connectivity index is 1.49. The van der Waals surface area contributed by atoms with Crippen molar-refractivity contribution in [2.75, 3.05) is 6.54 Å². The highest BCUT2D eigenvalue weighted by Crippen LogP contribution is 2.22. The molecule has 0 unspecified atom stereocenters. The maximum absolute atomic E-state index is 11.9. The largest absolute Gasteiger partial charge is 0.488 e. The van der Waals surface area contributed by atoms with Gasteiger partial charge in [-0.3, -0.25) is 9.59 Å². The van der Waals surface area contributed by atoms with Crippen LogP contribution in [0.2, 0.25) is 0 Å². The fourth-order valence-corrected chi connectivity index (χ4v) is 2.85. The van der Waals surface area contributed by atoms with Crippen LogP contribution in [0.4, 0.5) is 0 Å². The molecule has 0 atom stereocenters. The smallest absolute Gasteiger partial charge is 0.259 e. The van der Waals surface area contributed by atoms with Crippen LogP contribution in [0, 0.1) is 0 Å². The van der Waals surface area contributed by atoms with Gasteiger partial charge in [-0.1, -0.05) is 46.3 Å². The van der Waals surface area contributed by atoms with E-state index in [0.717, 1.165) is 10.0 Å². The van der Waals surface area contributed by atoms with Crippen molar-refractivity contribution in [1.29, 1.82) is 0 Å². The summed E-state index contributed by atoms with van der Waals surface area (Å²) in [5.74, 6) is 0.293. The van der Waals surface area contributed by atoms with Crippen LogP contribution < -0.4 is 15.5 Å². The monoisotopic (exact) mass is 481 g/mol. The minimum atomic E-state index is -0.460. The minimum absolute atomic E-state index is 0.214. The van der Waals surface area contributed by atoms with Crippen molar-refractivity contribution >= 4 is 40.0 Å². The minimum Gasteiger partial charge on any atom is -0.488 e. The van der Waals surface area contributed by atoms with Gasteiger partial charge in [-0.05, 0) is 42.0 Å². The van der Waals surface area contributed by atoms with Gasteiger partial charge in [-0.2, -0.15) is 5.10 Å². The summed E-state index contributed by atoms with van der Waals surface area (Å²) >= 11 is 3.42. The number of rotatable bonds is 9. The number of carbonyl (C=O) groups excluding carboxylic acids is 2. The lowest BCUT2D eigenvalue weighted by atomic mass is 10.2. The number of halogens is 1. The number of hydrogen-bond acceptors (Lipinski definition) is 5. The fourth-order valence-electron chi connectivity index (χ4n) is 2.47. The molecule has 1 aromatic heterocycles. The lowest BCUT2D eigenvalue weighted by Gasteiger charge is -2.09. The second-order valence-corrected chi connectivity index (χ2v) is 7.23. The lowest BCUT2D eigenvalue weighted by Crippen LogP contribution is -2.34. The molecule has 0 saturated carbocycles. The quantitative estimate of drug-likeness (QED) is 0.275. The Bertz CT molecular complexity index is 1060. The maximum atomic E-state index is 11.9. The molecule has 0 bridgehead atoms. The summed E-state index contributed by atoms with van der Waals surface area (Å²) < 4.78 is 11.8. The van der Waals surface area contributed by atoms with Gasteiger partial charge in [-0.25, -0.2) is 5.43 Å². The molecule has 0 radical (unpaired) electrons. The van der Waals surface area contributed by atoms with Crippen LogP contribution in [-0.2, 0) is 16.2 Å². The third-order valence-electron chi connectivity index (χ3n) is 3.97. The Morgan fingerprint density at radius 3 is 2.71 bits per heavy atom. The molecule has 3 rings (SSSR count). The second-order valence-electron chi connectivity index (χ2n) is 6.32. The number of amides is 2. The van der Waals surface area contributed by atoms with Crippen molar-refractivity contribution in [2.24, 2.45) is 5.10 Å². The van der Waals surface area contributed by atoms with Gasteiger partial charge >= 0.3 is 0 Å². The molecule has 31 heavy (non-hydrogen) atoms. The van der Waals surface area contributed by atoms with E-state index in [2.05, 4.69) is 31.8 Å². The Labute approximate surface area is 187 Å². The molecule has 2 aromatic carbocycles. The van der Waals surface area contributed by atoms with Crippen LogP contribution in [-0.4, -0.2) is 24.6 Å². The lowest BCUT2D eigenvalue weighted by molar-refractivity contribution is -0.123. The number of ether oxygens (including phenoxy) is 1. The van der Waals surface area contributed by atoms with Crippen molar-refractivity contribution in [3.05, 3.63) is 94.4 Å². The zero-order chi connectivity index (χ0) is 21.9. The first-order valence-corrected chi connectivity index (χ1v) is 10.2. The number of furan rings is 1. The summed E-state index contributed by atoms with van der Waals surface area (Å²) in [6.45, 7) is 0.196. The fraction of sp³-hybridized carbons (Fsp3) is 0.0870. The van der Waals surface area contributed by atoms with E-state index in [1.807, 2.05) is 48.5 Å². The molecule has 0 aliphatic carbocycles. The van der Waals surface area contributed by atoms with Gasteiger partial charge in [0.2, 0.25) is 5.91 Å². The summed E-state index contributed by atoms with van der Waals surface area (Å²) in [4.78, 5) is 23.6. The third kappa shape index (κ3) is 7.60. The number of hydrogen-bond donors (Lipinski definition) is 2. The third-order valence-corrected chi connectivity index (χ3v) is 4.46. The molecule has 0 spiro atoms. The second kappa shape index (κ2) is 11.5. The van der Waals surface area contributed by atoms with E-state index in [0.29, 0.717) is 23.7 Å². The summed E-state index contributed by atoms with van der Waals surface area (Å²) in [7, 11) is 0. The average Bonchev–Trinajstić information content (AvgIpc) is 3.30. The highest BCUT2D eigenvalue weighted by molar-refractivity contribution is 9.10. The number of hydrazone groups is 1. The van der Waals surface area contributed by atoms with Crippen LogP contribution >= 0.6 is 15.9 Å². The Kier molecular flexibility index (Phi) is 8.19. The first kappa shape index (κ1) is 22.0. The summed E-state index contributed by atoms with van der Waals surface area (Å²) in [6, 6.07) is 18.7. The normalized spacial score (nSPS) is 11.0. The predicted molar refractivity (Wildman–Crippen MR) is 121 cm³/mol. The van der Waals surface area contributed by atoms with Gasteiger partial charge in [0.1, 0.15) is 18.1 Å². The molecule has 0 aliphatic heterocycles. The van der Waals surface area contributed by atoms with Crippen molar-refractivity contribution in [3.63, 3.8) is 0 Å². The van der Waals surface area contributed by atoms with E-state index in [1.54, 1.807) is 12.1 Å². The van der Waals surface area contributed by atoms with E-state index in [9.17, 15) is 9.59 Å². The van der Waals surface area contributed by atoms with E-state index >= 15 is 0 Å². The number of nitrogens with one attached hydrogen (secondary N) is 2. The molecule has 8 heteroatoms. The molecule has 3 aromatic rings. The van der Waals surface area contributed by atoms with E-state index in [-0.39, 0.29) is 6.54 Å². The Morgan fingerprint density at radius 1 is 1.10 bits per heavy atom. The van der Waals surface area contributed by atoms with E-state index in [1.165, 1.54) is 24.6 Å². The first-order valence-electron chi connectivity index (χ1n) is 9.38. The molecule has 0 saturated heterocycles. The molecule has 1 heterocycles. The Hall–Kier alpha value is -3.65. The SMILES string of the molecule is O=C(/C=C\c1ccco1)NCC(=O)N/N=C/c1cc(Br)ccc1OCc1ccccc1. The summed E-state index contributed by atoms with van der Waals surface area (Å²) in [5, 5.41) is 6.42. The number of carbonyl (C=O) groups is 2. The molecule has 0 aliphatic rings. The van der Waals surface area contributed by atoms with Crippen molar-refractivity contribution in [2.45, 2.75) is 6.61 Å². The van der Waals surface area contributed by atoms with E-state index in [4.69, 9.17) is 9.15 Å². The van der Waals surface area contributed by atoms with Crippen molar-refractivity contribution in [3.8, 4) is 5.75 Å². The molecular weight excluding hydrogens is 462 g/mol. The Morgan fingerprint density at radius 2 is 1.94 bits per heavy atom. The average molecular weight is 482 g/mol. The zero-order valence-electron chi connectivity index (χ0n) is 16.5. The molecule has 158 valence electrons.